The SMILES string of the molecule is CC(C)C1C(=O)NCCN1C(=O)Oc1ccccc1. The molecule has 1 aliphatic heterocycles. The summed E-state index contributed by atoms with van der Waals surface area (Å²) in [6, 6.07) is 8.41. The largest absolute Gasteiger partial charge is 0.415 e. The summed E-state index contributed by atoms with van der Waals surface area (Å²) in [4.78, 5) is 25.5. The van der Waals surface area contributed by atoms with Crippen LogP contribution in [0.15, 0.2) is 30.3 Å². The van der Waals surface area contributed by atoms with Gasteiger partial charge in [-0.1, -0.05) is 32.0 Å². The van der Waals surface area contributed by atoms with E-state index in [-0.39, 0.29) is 11.8 Å². The molecule has 0 aliphatic carbocycles. The Morgan fingerprint density at radius 2 is 2.05 bits per heavy atom. The molecule has 1 aromatic rings. The maximum atomic E-state index is 12.2. The number of ether oxygens (including phenoxy) is 1. The number of carbonyl (C=O) groups is 2. The highest BCUT2D eigenvalue weighted by atomic mass is 16.6. The molecule has 5 nitrogen and oxygen atoms in total. The van der Waals surface area contributed by atoms with E-state index in [1.807, 2.05) is 19.9 Å². The van der Waals surface area contributed by atoms with Gasteiger partial charge < -0.3 is 10.1 Å². The van der Waals surface area contributed by atoms with Gasteiger partial charge in [0, 0.05) is 13.1 Å². The Hall–Kier alpha value is -2.04. The van der Waals surface area contributed by atoms with Crippen LogP contribution in [0.25, 0.3) is 0 Å². The molecular weight excluding hydrogens is 244 g/mol. The first kappa shape index (κ1) is 13.4. The smallest absolute Gasteiger partial charge is 0.410 e. The molecule has 0 radical (unpaired) electrons. The first-order valence-corrected chi connectivity index (χ1v) is 6.41. The molecule has 1 aromatic carbocycles. The lowest BCUT2D eigenvalue weighted by Gasteiger charge is -2.36. The molecule has 0 saturated carbocycles. The zero-order chi connectivity index (χ0) is 13.8. The average Bonchev–Trinajstić information content (AvgIpc) is 2.39. The lowest BCUT2D eigenvalue weighted by atomic mass is 10.0. The lowest BCUT2D eigenvalue weighted by molar-refractivity contribution is -0.129. The fraction of sp³-hybridized carbons (Fsp3) is 0.429. The fourth-order valence-corrected chi connectivity index (χ4v) is 2.20. The van der Waals surface area contributed by atoms with E-state index in [1.54, 1.807) is 24.3 Å². The summed E-state index contributed by atoms with van der Waals surface area (Å²) in [5.74, 6) is 0.413. The van der Waals surface area contributed by atoms with Crippen molar-refractivity contribution in [3.05, 3.63) is 30.3 Å². The number of benzene rings is 1. The first-order chi connectivity index (χ1) is 9.09. The Kier molecular flexibility index (Phi) is 4.04. The zero-order valence-electron chi connectivity index (χ0n) is 11.1. The molecule has 2 amide bonds. The van der Waals surface area contributed by atoms with Crippen molar-refractivity contribution >= 4 is 12.0 Å². The molecule has 1 saturated heterocycles. The maximum Gasteiger partial charge on any atom is 0.415 e. The molecule has 0 bridgehead atoms. The van der Waals surface area contributed by atoms with Crippen LogP contribution in [0.4, 0.5) is 4.79 Å². The number of nitrogens with one attached hydrogen (secondary N) is 1. The van der Waals surface area contributed by atoms with Crippen LogP contribution in [0.2, 0.25) is 0 Å². The molecule has 102 valence electrons. The van der Waals surface area contributed by atoms with Gasteiger partial charge in [0.15, 0.2) is 0 Å². The van der Waals surface area contributed by atoms with Gasteiger partial charge in [0.1, 0.15) is 11.8 Å². The van der Waals surface area contributed by atoms with Gasteiger partial charge >= 0.3 is 6.09 Å². The van der Waals surface area contributed by atoms with Gasteiger partial charge in [0.2, 0.25) is 5.91 Å². The summed E-state index contributed by atoms with van der Waals surface area (Å²) in [5.41, 5.74) is 0. The van der Waals surface area contributed by atoms with Crippen molar-refractivity contribution in [2.45, 2.75) is 19.9 Å². The van der Waals surface area contributed by atoms with E-state index < -0.39 is 12.1 Å². The Bertz CT molecular complexity index is 459. The molecule has 1 N–H and O–H groups in total. The third-order valence-corrected chi connectivity index (χ3v) is 3.07. The van der Waals surface area contributed by atoms with E-state index in [0.29, 0.717) is 18.8 Å². The lowest BCUT2D eigenvalue weighted by Crippen LogP contribution is -2.59. The number of rotatable bonds is 2. The fourth-order valence-electron chi connectivity index (χ4n) is 2.20. The number of para-hydroxylation sites is 1. The summed E-state index contributed by atoms with van der Waals surface area (Å²) in [6.07, 6.45) is -0.472. The van der Waals surface area contributed by atoms with Gasteiger partial charge in [-0.05, 0) is 18.1 Å². The molecule has 1 aliphatic rings. The Labute approximate surface area is 112 Å². The van der Waals surface area contributed by atoms with Gasteiger partial charge in [-0.3, -0.25) is 9.69 Å². The third-order valence-electron chi connectivity index (χ3n) is 3.07. The van der Waals surface area contributed by atoms with Crippen molar-refractivity contribution in [2.24, 2.45) is 5.92 Å². The molecule has 1 heterocycles. The summed E-state index contributed by atoms with van der Waals surface area (Å²) < 4.78 is 5.29. The van der Waals surface area contributed by atoms with E-state index >= 15 is 0 Å². The third kappa shape index (κ3) is 3.05. The highest BCUT2D eigenvalue weighted by Crippen LogP contribution is 2.17. The predicted octanol–water partition coefficient (Wildman–Crippen LogP) is 1.64. The van der Waals surface area contributed by atoms with Crippen molar-refractivity contribution in [3.63, 3.8) is 0 Å². The second kappa shape index (κ2) is 5.73. The highest BCUT2D eigenvalue weighted by Gasteiger charge is 2.36. The van der Waals surface area contributed by atoms with Crippen molar-refractivity contribution in [2.75, 3.05) is 13.1 Å². The molecule has 1 fully saturated rings. The summed E-state index contributed by atoms with van der Waals surface area (Å²) in [5, 5.41) is 2.77. The van der Waals surface area contributed by atoms with E-state index in [0.717, 1.165) is 0 Å². The Balaban J connectivity index is 2.10. The quantitative estimate of drug-likeness (QED) is 0.881. The molecule has 0 aromatic heterocycles. The maximum absolute atomic E-state index is 12.2. The molecule has 1 unspecified atom stereocenters. The monoisotopic (exact) mass is 262 g/mol. The van der Waals surface area contributed by atoms with E-state index in [4.69, 9.17) is 4.74 Å². The topological polar surface area (TPSA) is 58.6 Å². The Morgan fingerprint density at radius 1 is 1.37 bits per heavy atom. The van der Waals surface area contributed by atoms with Crippen LogP contribution in [0.5, 0.6) is 5.75 Å². The van der Waals surface area contributed by atoms with Crippen molar-refractivity contribution < 1.29 is 14.3 Å². The molecule has 2 rings (SSSR count). The second-order valence-corrected chi connectivity index (χ2v) is 4.85. The molecule has 5 heteroatoms. The number of hydrogen-bond donors (Lipinski definition) is 1. The standard InChI is InChI=1S/C14H18N2O3/c1-10(2)12-13(17)15-8-9-16(12)14(18)19-11-6-4-3-5-7-11/h3-7,10,12H,8-9H2,1-2H3,(H,15,17). The van der Waals surface area contributed by atoms with Gasteiger partial charge in [0.05, 0.1) is 0 Å². The zero-order valence-corrected chi connectivity index (χ0v) is 11.1. The van der Waals surface area contributed by atoms with Crippen LogP contribution >= 0.6 is 0 Å². The highest BCUT2D eigenvalue weighted by molar-refractivity contribution is 5.87. The first-order valence-electron chi connectivity index (χ1n) is 6.41. The second-order valence-electron chi connectivity index (χ2n) is 4.85. The summed E-state index contributed by atoms with van der Waals surface area (Å²) in [7, 11) is 0. The number of hydrogen-bond acceptors (Lipinski definition) is 3. The van der Waals surface area contributed by atoms with E-state index in [2.05, 4.69) is 5.32 Å². The molecular formula is C14H18N2O3. The van der Waals surface area contributed by atoms with Gasteiger partial charge in [-0.2, -0.15) is 0 Å². The van der Waals surface area contributed by atoms with Crippen LogP contribution in [-0.2, 0) is 4.79 Å². The van der Waals surface area contributed by atoms with E-state index in [1.165, 1.54) is 4.90 Å². The van der Waals surface area contributed by atoms with Crippen LogP contribution in [0, 0.1) is 5.92 Å². The van der Waals surface area contributed by atoms with Gasteiger partial charge in [-0.25, -0.2) is 4.79 Å². The van der Waals surface area contributed by atoms with Crippen LogP contribution in [0.1, 0.15) is 13.8 Å². The summed E-state index contributed by atoms with van der Waals surface area (Å²) in [6.45, 7) is 4.77. The summed E-state index contributed by atoms with van der Waals surface area (Å²) >= 11 is 0. The van der Waals surface area contributed by atoms with Crippen LogP contribution in [0.3, 0.4) is 0 Å². The Morgan fingerprint density at radius 3 is 2.68 bits per heavy atom. The van der Waals surface area contributed by atoms with Crippen LogP contribution in [-0.4, -0.2) is 36.0 Å². The van der Waals surface area contributed by atoms with Gasteiger partial charge in [-0.15, -0.1) is 0 Å². The van der Waals surface area contributed by atoms with E-state index in [9.17, 15) is 9.59 Å². The van der Waals surface area contributed by atoms with Crippen LogP contribution < -0.4 is 10.1 Å². The molecule has 1 atom stereocenters. The predicted molar refractivity (Wildman–Crippen MR) is 70.8 cm³/mol. The minimum Gasteiger partial charge on any atom is -0.410 e. The normalized spacial score (nSPS) is 19.2. The molecule has 19 heavy (non-hydrogen) atoms. The minimum absolute atomic E-state index is 0.0450. The molecule has 0 spiro atoms. The number of carbonyl (C=O) groups excluding carboxylic acids is 2. The number of piperazine rings is 1. The minimum atomic E-state index is -0.472. The average molecular weight is 262 g/mol. The number of nitrogens with zero attached hydrogens (tertiary/aromatic N) is 1. The number of amides is 2. The van der Waals surface area contributed by atoms with Crippen molar-refractivity contribution in [1.82, 2.24) is 10.2 Å². The van der Waals surface area contributed by atoms with Gasteiger partial charge in [0.25, 0.3) is 0 Å². The van der Waals surface area contributed by atoms with Crippen molar-refractivity contribution in [3.8, 4) is 5.75 Å². The van der Waals surface area contributed by atoms with Crippen molar-refractivity contribution in [1.29, 1.82) is 0 Å².